The van der Waals surface area contributed by atoms with Crippen LogP contribution in [-0.2, 0) is 0 Å². The number of aromatic nitrogens is 3. The smallest absolute Gasteiger partial charge is 0.390 e. The molecule has 0 saturated heterocycles. The van der Waals surface area contributed by atoms with Crippen molar-refractivity contribution in [3.63, 3.8) is 0 Å². The van der Waals surface area contributed by atoms with E-state index in [1.807, 2.05) is 0 Å². The van der Waals surface area contributed by atoms with E-state index >= 15 is 0 Å². The number of alkyl halides is 3. The number of fused-ring (bicyclic) bond motifs is 1. The van der Waals surface area contributed by atoms with Crippen LogP contribution in [0.4, 0.5) is 18.9 Å². The van der Waals surface area contributed by atoms with Gasteiger partial charge in [0.25, 0.3) is 5.91 Å². The highest BCUT2D eigenvalue weighted by Gasteiger charge is 2.27. The molecule has 32 heavy (non-hydrogen) atoms. The van der Waals surface area contributed by atoms with Gasteiger partial charge in [0.1, 0.15) is 0 Å². The van der Waals surface area contributed by atoms with Gasteiger partial charge in [-0.25, -0.2) is 14.3 Å². The molecule has 1 amide bonds. The molecule has 4 rings (SSSR count). The number of rotatable bonds is 7. The number of amides is 1. The molecule has 1 fully saturated rings. The number of hydrogen-bond acceptors (Lipinski definition) is 5. The molecule has 0 unspecified atom stereocenters. The fourth-order valence-electron chi connectivity index (χ4n) is 3.31. The molecule has 0 aliphatic heterocycles. The largest absolute Gasteiger partial charge is 0.476 e. The third-order valence-corrected chi connectivity index (χ3v) is 5.09. The monoisotopic (exact) mass is 447 g/mol. The van der Waals surface area contributed by atoms with Gasteiger partial charge in [-0.05, 0) is 37.5 Å². The van der Waals surface area contributed by atoms with E-state index in [1.165, 1.54) is 10.7 Å². The molecule has 1 saturated carbocycles. The predicted octanol–water partition coefficient (Wildman–Crippen LogP) is 3.66. The Labute approximate surface area is 180 Å². The van der Waals surface area contributed by atoms with Gasteiger partial charge in [0.05, 0.1) is 24.0 Å². The first-order valence-corrected chi connectivity index (χ1v) is 9.97. The van der Waals surface area contributed by atoms with Crippen LogP contribution in [0.2, 0.25) is 0 Å². The highest BCUT2D eigenvalue weighted by atomic mass is 19.4. The van der Waals surface area contributed by atoms with E-state index in [9.17, 15) is 27.9 Å². The van der Waals surface area contributed by atoms with Gasteiger partial charge in [-0.2, -0.15) is 18.3 Å². The normalized spacial score (nSPS) is 13.9. The van der Waals surface area contributed by atoms with Crippen molar-refractivity contribution < 1.29 is 27.9 Å². The number of carbonyl (C=O) groups is 2. The van der Waals surface area contributed by atoms with Crippen LogP contribution in [0.25, 0.3) is 16.9 Å². The Bertz CT molecular complexity index is 1200. The molecule has 1 aromatic carbocycles. The third kappa shape index (κ3) is 4.66. The number of aryl methyl sites for hydroxylation is 1. The van der Waals surface area contributed by atoms with E-state index in [4.69, 9.17) is 0 Å². The molecule has 1 aliphatic carbocycles. The van der Waals surface area contributed by atoms with Crippen molar-refractivity contribution in [2.24, 2.45) is 0 Å². The van der Waals surface area contributed by atoms with Crippen molar-refractivity contribution >= 4 is 23.2 Å². The average molecular weight is 447 g/mol. The topological polar surface area (TPSA) is 109 Å². The minimum absolute atomic E-state index is 0.130. The summed E-state index contributed by atoms with van der Waals surface area (Å²) >= 11 is 0. The fraction of sp³-hybridized carbons (Fsp3) is 0.333. The lowest BCUT2D eigenvalue weighted by Crippen LogP contribution is -2.26. The van der Waals surface area contributed by atoms with Crippen LogP contribution in [0, 0.1) is 6.92 Å². The van der Waals surface area contributed by atoms with Gasteiger partial charge < -0.3 is 15.7 Å². The summed E-state index contributed by atoms with van der Waals surface area (Å²) in [5.74, 6) is -1.48. The first-order chi connectivity index (χ1) is 15.1. The lowest BCUT2D eigenvalue weighted by molar-refractivity contribution is -0.131. The maximum atomic E-state index is 12.5. The van der Waals surface area contributed by atoms with Crippen molar-refractivity contribution in [3.8, 4) is 11.3 Å². The molecule has 3 N–H and O–H groups in total. The number of benzene rings is 1. The molecule has 1 aliphatic rings. The SMILES string of the molecule is Cc1cc(-c2cnc3c(NCCC(F)(F)F)cc(C(=O)O)nn23)ccc1C(=O)NC1CC1. The zero-order valence-electron chi connectivity index (χ0n) is 17.0. The van der Waals surface area contributed by atoms with E-state index in [-0.39, 0.29) is 29.0 Å². The molecule has 0 spiro atoms. The van der Waals surface area contributed by atoms with Gasteiger partial charge in [0.15, 0.2) is 11.3 Å². The van der Waals surface area contributed by atoms with Gasteiger partial charge in [-0.1, -0.05) is 6.07 Å². The number of halogens is 3. The number of anilines is 1. The van der Waals surface area contributed by atoms with Crippen LogP contribution in [0.15, 0.2) is 30.5 Å². The second kappa shape index (κ2) is 8.13. The maximum absolute atomic E-state index is 12.5. The van der Waals surface area contributed by atoms with Gasteiger partial charge in [-0.3, -0.25) is 4.79 Å². The molecule has 8 nitrogen and oxygen atoms in total. The Morgan fingerprint density at radius 2 is 2.00 bits per heavy atom. The number of nitrogens with zero attached hydrogens (tertiary/aromatic N) is 3. The number of nitrogens with one attached hydrogen (secondary N) is 2. The first kappa shape index (κ1) is 21.6. The second-order valence-corrected chi connectivity index (χ2v) is 7.70. The molecule has 2 heterocycles. The minimum atomic E-state index is -4.35. The molecule has 0 atom stereocenters. The van der Waals surface area contributed by atoms with Crippen LogP contribution in [-0.4, -0.2) is 50.3 Å². The highest BCUT2D eigenvalue weighted by molar-refractivity contribution is 5.96. The van der Waals surface area contributed by atoms with Crippen molar-refractivity contribution in [2.45, 2.75) is 38.4 Å². The summed E-state index contributed by atoms with van der Waals surface area (Å²) < 4.78 is 38.8. The van der Waals surface area contributed by atoms with E-state index in [2.05, 4.69) is 20.7 Å². The number of carbonyl (C=O) groups excluding carboxylic acids is 1. The highest BCUT2D eigenvalue weighted by Crippen LogP contribution is 2.28. The molecule has 0 bridgehead atoms. The van der Waals surface area contributed by atoms with Crippen LogP contribution in [0.1, 0.15) is 45.7 Å². The number of carboxylic acid groups (broad SMARTS) is 1. The zero-order chi connectivity index (χ0) is 23.0. The van der Waals surface area contributed by atoms with E-state index in [1.54, 1.807) is 25.1 Å². The van der Waals surface area contributed by atoms with Crippen LogP contribution < -0.4 is 10.6 Å². The van der Waals surface area contributed by atoms with Gasteiger partial charge in [-0.15, -0.1) is 0 Å². The number of carboxylic acids is 1. The zero-order valence-corrected chi connectivity index (χ0v) is 17.0. The molecule has 2 aromatic heterocycles. The van der Waals surface area contributed by atoms with Crippen molar-refractivity contribution in [1.82, 2.24) is 19.9 Å². The average Bonchev–Trinajstić information content (AvgIpc) is 3.41. The van der Waals surface area contributed by atoms with Crippen LogP contribution in [0.5, 0.6) is 0 Å². The third-order valence-electron chi connectivity index (χ3n) is 5.09. The first-order valence-electron chi connectivity index (χ1n) is 9.97. The molecule has 0 radical (unpaired) electrons. The summed E-state index contributed by atoms with van der Waals surface area (Å²) in [6.45, 7) is 1.35. The Hall–Kier alpha value is -3.63. The fourth-order valence-corrected chi connectivity index (χ4v) is 3.31. The maximum Gasteiger partial charge on any atom is 0.390 e. The summed E-state index contributed by atoms with van der Waals surface area (Å²) in [5.41, 5.74) is 2.30. The molecular formula is C21H20F3N5O3. The standard InChI is InChI=1S/C21H20F3N5O3/c1-11-8-12(2-5-14(11)19(30)27-13-3-4-13)17-10-26-18-15(25-7-6-21(22,23)24)9-16(20(31)32)28-29(17)18/h2,5,8-10,13,25H,3-4,6-7H2,1H3,(H,27,30)(H,31,32). The van der Waals surface area contributed by atoms with Crippen molar-refractivity contribution in [3.05, 3.63) is 47.3 Å². The van der Waals surface area contributed by atoms with E-state index < -0.39 is 25.1 Å². The lowest BCUT2D eigenvalue weighted by atomic mass is 10.0. The predicted molar refractivity (Wildman–Crippen MR) is 110 cm³/mol. The summed E-state index contributed by atoms with van der Waals surface area (Å²) in [6.07, 6.45) is -2.02. The Morgan fingerprint density at radius 3 is 2.62 bits per heavy atom. The lowest BCUT2D eigenvalue weighted by Gasteiger charge is -2.12. The quantitative estimate of drug-likeness (QED) is 0.510. The molecule has 168 valence electrons. The number of imidazole rings is 1. The number of hydrogen-bond donors (Lipinski definition) is 3. The summed E-state index contributed by atoms with van der Waals surface area (Å²) in [6, 6.07) is 6.51. The molecule has 3 aromatic rings. The summed E-state index contributed by atoms with van der Waals surface area (Å²) in [7, 11) is 0. The van der Waals surface area contributed by atoms with E-state index in [0.29, 0.717) is 22.4 Å². The van der Waals surface area contributed by atoms with Crippen molar-refractivity contribution in [1.29, 1.82) is 0 Å². The van der Waals surface area contributed by atoms with Crippen LogP contribution in [0.3, 0.4) is 0 Å². The van der Waals surface area contributed by atoms with E-state index in [0.717, 1.165) is 18.9 Å². The Morgan fingerprint density at radius 1 is 1.25 bits per heavy atom. The molecular weight excluding hydrogens is 427 g/mol. The van der Waals surface area contributed by atoms with Crippen molar-refractivity contribution in [2.75, 3.05) is 11.9 Å². The summed E-state index contributed by atoms with van der Waals surface area (Å²) in [4.78, 5) is 28.1. The van der Waals surface area contributed by atoms with Gasteiger partial charge in [0.2, 0.25) is 0 Å². The van der Waals surface area contributed by atoms with Gasteiger partial charge in [0, 0.05) is 29.8 Å². The Balaban J connectivity index is 1.69. The summed E-state index contributed by atoms with van der Waals surface area (Å²) in [5, 5.41) is 19.0. The van der Waals surface area contributed by atoms with Gasteiger partial charge >= 0.3 is 12.1 Å². The minimum Gasteiger partial charge on any atom is -0.476 e. The molecule has 11 heteroatoms. The Kier molecular flexibility index (Phi) is 5.49. The number of aromatic carboxylic acids is 1. The van der Waals surface area contributed by atoms with Crippen LogP contribution >= 0.6 is 0 Å². The second-order valence-electron chi connectivity index (χ2n) is 7.70.